The van der Waals surface area contributed by atoms with Crippen LogP contribution in [0.4, 0.5) is 0 Å². The molecule has 1 rings (SSSR count). The van der Waals surface area contributed by atoms with Gasteiger partial charge in [-0.25, -0.2) is 0 Å². The Morgan fingerprint density at radius 2 is 1.93 bits per heavy atom. The molecule has 0 unspecified atom stereocenters. The van der Waals surface area contributed by atoms with Crippen LogP contribution in [-0.2, 0) is 6.42 Å². The highest BCUT2D eigenvalue weighted by Crippen LogP contribution is 2.02. The first-order valence-corrected chi connectivity index (χ1v) is 5.28. The molecule has 0 saturated heterocycles. The van der Waals surface area contributed by atoms with Gasteiger partial charge in [-0.15, -0.1) is 0 Å². The highest BCUT2D eigenvalue weighted by atomic mass is 16.3. The average Bonchev–Trinajstić information content (AvgIpc) is 2.27. The van der Waals surface area contributed by atoms with Crippen molar-refractivity contribution < 1.29 is 10.2 Å². The zero-order chi connectivity index (χ0) is 11.1. The molecular formula is C12H19NO2. The summed E-state index contributed by atoms with van der Waals surface area (Å²) in [6.07, 6.45) is 0.243. The van der Waals surface area contributed by atoms with E-state index < -0.39 is 6.10 Å². The molecule has 0 amide bonds. The lowest BCUT2D eigenvalue weighted by Crippen LogP contribution is -2.36. The van der Waals surface area contributed by atoms with Crippen LogP contribution in [-0.4, -0.2) is 35.5 Å². The van der Waals surface area contributed by atoms with Gasteiger partial charge in [0.15, 0.2) is 0 Å². The minimum absolute atomic E-state index is 0.0374. The van der Waals surface area contributed by atoms with E-state index in [1.165, 1.54) is 0 Å². The number of aliphatic hydroxyl groups excluding tert-OH is 2. The van der Waals surface area contributed by atoms with Crippen LogP contribution < -0.4 is 5.32 Å². The lowest BCUT2D eigenvalue weighted by atomic mass is 10.1. The van der Waals surface area contributed by atoms with Crippen LogP contribution in [0, 0.1) is 0 Å². The minimum Gasteiger partial charge on any atom is -0.395 e. The van der Waals surface area contributed by atoms with Crippen molar-refractivity contribution in [2.45, 2.75) is 25.5 Å². The first-order valence-electron chi connectivity index (χ1n) is 5.28. The Morgan fingerprint density at radius 1 is 1.27 bits per heavy atom. The number of hydrogen-bond donors (Lipinski definition) is 3. The van der Waals surface area contributed by atoms with E-state index in [9.17, 15) is 5.11 Å². The van der Waals surface area contributed by atoms with Gasteiger partial charge in [-0.1, -0.05) is 30.3 Å². The maximum atomic E-state index is 9.70. The molecule has 15 heavy (non-hydrogen) atoms. The van der Waals surface area contributed by atoms with Gasteiger partial charge in [-0.2, -0.15) is 0 Å². The lowest BCUT2D eigenvalue weighted by molar-refractivity contribution is 0.159. The zero-order valence-electron chi connectivity index (χ0n) is 9.06. The molecule has 0 aliphatic heterocycles. The Labute approximate surface area is 90.8 Å². The summed E-state index contributed by atoms with van der Waals surface area (Å²) in [7, 11) is 0. The largest absolute Gasteiger partial charge is 0.395 e. The zero-order valence-corrected chi connectivity index (χ0v) is 9.06. The molecule has 0 aromatic heterocycles. The molecule has 1 aromatic rings. The SMILES string of the molecule is C[C@@H](CO)NC[C@@H](O)Cc1ccccc1. The van der Waals surface area contributed by atoms with E-state index in [1.54, 1.807) is 0 Å². The van der Waals surface area contributed by atoms with Gasteiger partial charge in [0, 0.05) is 12.6 Å². The Bertz CT molecular complexity index is 264. The number of rotatable bonds is 6. The monoisotopic (exact) mass is 209 g/mol. The highest BCUT2D eigenvalue weighted by molar-refractivity contribution is 5.15. The van der Waals surface area contributed by atoms with E-state index in [-0.39, 0.29) is 12.6 Å². The molecule has 2 atom stereocenters. The van der Waals surface area contributed by atoms with Crippen molar-refractivity contribution in [3.8, 4) is 0 Å². The van der Waals surface area contributed by atoms with Crippen molar-refractivity contribution in [3.63, 3.8) is 0 Å². The predicted octanol–water partition coefficient (Wildman–Crippen LogP) is 0.560. The Morgan fingerprint density at radius 3 is 2.53 bits per heavy atom. The van der Waals surface area contributed by atoms with Crippen molar-refractivity contribution in [3.05, 3.63) is 35.9 Å². The number of aliphatic hydroxyl groups is 2. The molecule has 0 bridgehead atoms. The number of nitrogens with one attached hydrogen (secondary N) is 1. The average molecular weight is 209 g/mol. The van der Waals surface area contributed by atoms with Gasteiger partial charge in [0.1, 0.15) is 0 Å². The van der Waals surface area contributed by atoms with Crippen LogP contribution in [0.3, 0.4) is 0 Å². The Hall–Kier alpha value is -0.900. The predicted molar refractivity (Wildman–Crippen MR) is 60.7 cm³/mol. The van der Waals surface area contributed by atoms with Crippen LogP contribution in [0.2, 0.25) is 0 Å². The van der Waals surface area contributed by atoms with Crippen molar-refractivity contribution in [1.29, 1.82) is 0 Å². The normalized spacial score (nSPS) is 14.9. The molecule has 3 heteroatoms. The van der Waals surface area contributed by atoms with Gasteiger partial charge in [-0.05, 0) is 18.9 Å². The van der Waals surface area contributed by atoms with Crippen LogP contribution >= 0.6 is 0 Å². The summed E-state index contributed by atoms with van der Waals surface area (Å²) >= 11 is 0. The third-order valence-electron chi connectivity index (χ3n) is 2.29. The summed E-state index contributed by atoms with van der Waals surface area (Å²) in [6.45, 7) is 2.49. The number of benzene rings is 1. The lowest BCUT2D eigenvalue weighted by Gasteiger charge is -2.15. The second-order valence-corrected chi connectivity index (χ2v) is 3.84. The van der Waals surface area contributed by atoms with E-state index in [1.807, 2.05) is 37.3 Å². The standard InChI is InChI=1S/C12H19NO2/c1-10(9-14)13-8-12(15)7-11-5-3-2-4-6-11/h2-6,10,12-15H,7-9H2,1H3/t10-,12-/m0/s1. The fourth-order valence-electron chi connectivity index (χ4n) is 1.36. The summed E-state index contributed by atoms with van der Waals surface area (Å²) in [6, 6.07) is 9.92. The van der Waals surface area contributed by atoms with Crippen molar-refractivity contribution in [2.75, 3.05) is 13.2 Å². The Kier molecular flexibility index (Phi) is 5.32. The second kappa shape index (κ2) is 6.56. The fourth-order valence-corrected chi connectivity index (χ4v) is 1.36. The summed E-state index contributed by atoms with van der Waals surface area (Å²) in [4.78, 5) is 0. The summed E-state index contributed by atoms with van der Waals surface area (Å²) in [5.41, 5.74) is 1.13. The smallest absolute Gasteiger partial charge is 0.0704 e. The highest BCUT2D eigenvalue weighted by Gasteiger charge is 2.06. The first kappa shape index (κ1) is 12.2. The van der Waals surface area contributed by atoms with E-state index >= 15 is 0 Å². The quantitative estimate of drug-likeness (QED) is 0.641. The maximum Gasteiger partial charge on any atom is 0.0704 e. The van der Waals surface area contributed by atoms with Gasteiger partial charge in [0.2, 0.25) is 0 Å². The third kappa shape index (κ3) is 4.93. The van der Waals surface area contributed by atoms with Crippen molar-refractivity contribution in [1.82, 2.24) is 5.32 Å². The molecule has 0 radical (unpaired) electrons. The molecule has 3 nitrogen and oxygen atoms in total. The topological polar surface area (TPSA) is 52.5 Å². The van der Waals surface area contributed by atoms with Crippen molar-refractivity contribution in [2.24, 2.45) is 0 Å². The van der Waals surface area contributed by atoms with E-state index in [0.29, 0.717) is 13.0 Å². The second-order valence-electron chi connectivity index (χ2n) is 3.84. The Balaban J connectivity index is 2.27. The van der Waals surface area contributed by atoms with Gasteiger partial charge in [-0.3, -0.25) is 0 Å². The molecule has 1 aromatic carbocycles. The van der Waals surface area contributed by atoms with Gasteiger partial charge >= 0.3 is 0 Å². The number of hydrogen-bond acceptors (Lipinski definition) is 3. The van der Waals surface area contributed by atoms with Crippen LogP contribution in [0.1, 0.15) is 12.5 Å². The van der Waals surface area contributed by atoms with Gasteiger partial charge < -0.3 is 15.5 Å². The first-order chi connectivity index (χ1) is 7.22. The molecule has 0 saturated carbocycles. The van der Waals surface area contributed by atoms with Crippen molar-refractivity contribution >= 4 is 0 Å². The van der Waals surface area contributed by atoms with Gasteiger partial charge in [0.25, 0.3) is 0 Å². The van der Waals surface area contributed by atoms with Crippen LogP contribution in [0.25, 0.3) is 0 Å². The summed E-state index contributed by atoms with van der Waals surface area (Å²) < 4.78 is 0. The molecule has 0 heterocycles. The van der Waals surface area contributed by atoms with E-state index in [2.05, 4.69) is 5.32 Å². The molecule has 0 fully saturated rings. The van der Waals surface area contributed by atoms with E-state index in [0.717, 1.165) is 5.56 Å². The summed E-state index contributed by atoms with van der Waals surface area (Å²) in [5, 5.41) is 21.5. The molecule has 84 valence electrons. The maximum absolute atomic E-state index is 9.70. The van der Waals surface area contributed by atoms with Gasteiger partial charge in [0.05, 0.1) is 12.7 Å². The third-order valence-corrected chi connectivity index (χ3v) is 2.29. The molecular weight excluding hydrogens is 190 g/mol. The molecule has 3 N–H and O–H groups in total. The molecule has 0 aliphatic carbocycles. The fraction of sp³-hybridized carbons (Fsp3) is 0.500. The minimum atomic E-state index is -0.401. The van der Waals surface area contributed by atoms with Crippen LogP contribution in [0.15, 0.2) is 30.3 Å². The van der Waals surface area contributed by atoms with Crippen LogP contribution in [0.5, 0.6) is 0 Å². The molecule has 0 spiro atoms. The summed E-state index contributed by atoms with van der Waals surface area (Å²) in [5.74, 6) is 0. The van der Waals surface area contributed by atoms with E-state index in [4.69, 9.17) is 5.11 Å². The molecule has 0 aliphatic rings.